The van der Waals surface area contributed by atoms with E-state index in [1.165, 1.54) is 0 Å². The summed E-state index contributed by atoms with van der Waals surface area (Å²) in [6.07, 6.45) is -0.720. The average Bonchev–Trinajstić information content (AvgIpc) is 2.39. The van der Waals surface area contributed by atoms with Crippen LogP contribution in [0.1, 0.15) is 18.9 Å². The molecule has 0 saturated heterocycles. The number of anilines is 1. The Bertz CT molecular complexity index is 403. The van der Waals surface area contributed by atoms with E-state index in [-0.39, 0.29) is 6.42 Å². The van der Waals surface area contributed by atoms with E-state index in [1.807, 2.05) is 0 Å². The maximum Gasteiger partial charge on any atom is 0.261 e. The van der Waals surface area contributed by atoms with Gasteiger partial charge in [0.1, 0.15) is 0 Å². The molecule has 0 aromatic heterocycles. The molecule has 80 valence electrons. The van der Waals surface area contributed by atoms with Crippen LogP contribution in [0.15, 0.2) is 24.3 Å². The van der Waals surface area contributed by atoms with Gasteiger partial charge >= 0.3 is 0 Å². The molecule has 4 nitrogen and oxygen atoms in total. The normalized spacial score (nSPS) is 25.9. The van der Waals surface area contributed by atoms with Crippen LogP contribution in [-0.4, -0.2) is 22.2 Å². The number of hydrogen-bond acceptors (Lipinski definition) is 3. The Balaban J connectivity index is 2.44. The molecule has 1 aromatic carbocycles. The lowest BCUT2D eigenvalue weighted by atomic mass is 9.90. The van der Waals surface area contributed by atoms with Crippen LogP contribution in [0.4, 0.5) is 5.69 Å². The molecule has 1 heterocycles. The number of carbonyl (C=O) groups excluding carboxylic acids is 1. The highest BCUT2D eigenvalue weighted by atomic mass is 16.3. The summed E-state index contributed by atoms with van der Waals surface area (Å²) >= 11 is 0. The second-order valence-electron chi connectivity index (χ2n) is 3.91. The number of amides is 1. The summed E-state index contributed by atoms with van der Waals surface area (Å²) in [6.45, 7) is 1.55. The molecular formula is C11H13NO3. The molecule has 1 aliphatic rings. The number of rotatable bonds is 2. The van der Waals surface area contributed by atoms with E-state index in [4.69, 9.17) is 0 Å². The highest BCUT2D eigenvalue weighted by Gasteiger charge is 2.45. The van der Waals surface area contributed by atoms with Gasteiger partial charge in [-0.3, -0.25) is 4.79 Å². The number of aliphatic hydroxyl groups excluding tert-OH is 1. The maximum absolute atomic E-state index is 11.6. The minimum absolute atomic E-state index is 0.00977. The third kappa shape index (κ3) is 1.52. The van der Waals surface area contributed by atoms with Crippen LogP contribution >= 0.6 is 0 Å². The van der Waals surface area contributed by atoms with Gasteiger partial charge in [-0.25, -0.2) is 0 Å². The van der Waals surface area contributed by atoms with Gasteiger partial charge in [0.2, 0.25) is 0 Å². The van der Waals surface area contributed by atoms with Crippen LogP contribution < -0.4 is 5.32 Å². The molecule has 1 aliphatic heterocycles. The highest BCUT2D eigenvalue weighted by Crippen LogP contribution is 2.38. The molecular weight excluding hydrogens is 194 g/mol. The van der Waals surface area contributed by atoms with E-state index in [0.29, 0.717) is 11.3 Å². The summed E-state index contributed by atoms with van der Waals surface area (Å²) in [4.78, 5) is 11.6. The zero-order valence-corrected chi connectivity index (χ0v) is 8.40. The molecule has 15 heavy (non-hydrogen) atoms. The van der Waals surface area contributed by atoms with Crippen LogP contribution in [-0.2, 0) is 10.4 Å². The number of fused-ring (bicyclic) bond motifs is 1. The molecule has 1 amide bonds. The maximum atomic E-state index is 11.6. The second kappa shape index (κ2) is 3.32. The predicted octanol–water partition coefficient (Wildman–Crippen LogP) is 0.597. The van der Waals surface area contributed by atoms with Gasteiger partial charge in [0, 0.05) is 17.7 Å². The predicted molar refractivity (Wildman–Crippen MR) is 55.3 cm³/mol. The Hall–Kier alpha value is -1.39. The summed E-state index contributed by atoms with van der Waals surface area (Å²) in [5.41, 5.74) is -0.438. The minimum Gasteiger partial charge on any atom is -0.393 e. The number of carbonyl (C=O) groups is 1. The monoisotopic (exact) mass is 207 g/mol. The average molecular weight is 207 g/mol. The van der Waals surface area contributed by atoms with Crippen molar-refractivity contribution in [1.82, 2.24) is 0 Å². The van der Waals surface area contributed by atoms with E-state index in [0.717, 1.165) is 0 Å². The molecule has 2 atom stereocenters. The fourth-order valence-corrected chi connectivity index (χ4v) is 1.93. The molecule has 1 aromatic rings. The summed E-state index contributed by atoms with van der Waals surface area (Å²) in [6, 6.07) is 6.96. The fourth-order valence-electron chi connectivity index (χ4n) is 1.93. The molecule has 3 N–H and O–H groups in total. The lowest BCUT2D eigenvalue weighted by Gasteiger charge is -2.22. The Morgan fingerprint density at radius 1 is 1.47 bits per heavy atom. The first-order chi connectivity index (χ1) is 7.04. The SMILES string of the molecule is C[C@H](O)C[C@@]1(O)C(=O)Nc2ccccc21. The van der Waals surface area contributed by atoms with Crippen LogP contribution in [0.25, 0.3) is 0 Å². The quantitative estimate of drug-likeness (QED) is 0.665. The number of benzene rings is 1. The van der Waals surface area contributed by atoms with Gasteiger partial charge in [-0.05, 0) is 13.0 Å². The van der Waals surface area contributed by atoms with Crippen molar-refractivity contribution in [3.05, 3.63) is 29.8 Å². The first-order valence-corrected chi connectivity index (χ1v) is 4.85. The molecule has 2 rings (SSSR count). The lowest BCUT2D eigenvalue weighted by molar-refractivity contribution is -0.136. The number of nitrogens with one attached hydrogen (secondary N) is 1. The van der Waals surface area contributed by atoms with Crippen molar-refractivity contribution < 1.29 is 15.0 Å². The van der Waals surface area contributed by atoms with E-state index in [1.54, 1.807) is 31.2 Å². The smallest absolute Gasteiger partial charge is 0.261 e. The number of aliphatic hydroxyl groups is 2. The molecule has 0 unspecified atom stereocenters. The summed E-state index contributed by atoms with van der Waals surface area (Å²) in [5.74, 6) is -0.468. The first-order valence-electron chi connectivity index (χ1n) is 4.85. The lowest BCUT2D eigenvalue weighted by Crippen LogP contribution is -2.37. The van der Waals surface area contributed by atoms with Crippen molar-refractivity contribution in [3.63, 3.8) is 0 Å². The van der Waals surface area contributed by atoms with Crippen molar-refractivity contribution in [3.8, 4) is 0 Å². The van der Waals surface area contributed by atoms with Gasteiger partial charge < -0.3 is 15.5 Å². The molecule has 0 bridgehead atoms. The Morgan fingerprint density at radius 3 is 2.80 bits per heavy atom. The molecule has 0 spiro atoms. The Morgan fingerprint density at radius 2 is 2.13 bits per heavy atom. The van der Waals surface area contributed by atoms with Gasteiger partial charge in [0.05, 0.1) is 6.10 Å². The Kier molecular flexibility index (Phi) is 2.25. The molecule has 4 heteroatoms. The summed E-state index contributed by atoms with van der Waals surface area (Å²) < 4.78 is 0. The zero-order chi connectivity index (χ0) is 11.1. The van der Waals surface area contributed by atoms with Gasteiger partial charge in [-0.2, -0.15) is 0 Å². The third-order valence-corrected chi connectivity index (χ3v) is 2.59. The zero-order valence-electron chi connectivity index (χ0n) is 8.40. The van der Waals surface area contributed by atoms with Crippen LogP contribution in [0.5, 0.6) is 0 Å². The fraction of sp³-hybridized carbons (Fsp3) is 0.364. The van der Waals surface area contributed by atoms with Crippen LogP contribution in [0, 0.1) is 0 Å². The topological polar surface area (TPSA) is 69.6 Å². The second-order valence-corrected chi connectivity index (χ2v) is 3.91. The first kappa shape index (κ1) is 10.1. The molecule has 0 fully saturated rings. The van der Waals surface area contributed by atoms with Crippen molar-refractivity contribution in [2.45, 2.75) is 25.0 Å². The van der Waals surface area contributed by atoms with E-state index in [9.17, 15) is 15.0 Å². The molecule has 0 radical (unpaired) electrons. The minimum atomic E-state index is -1.59. The van der Waals surface area contributed by atoms with E-state index < -0.39 is 17.6 Å². The molecule has 0 aliphatic carbocycles. The number of para-hydroxylation sites is 1. The van der Waals surface area contributed by atoms with Crippen molar-refractivity contribution >= 4 is 11.6 Å². The van der Waals surface area contributed by atoms with Crippen LogP contribution in [0.2, 0.25) is 0 Å². The number of hydrogen-bond donors (Lipinski definition) is 3. The van der Waals surface area contributed by atoms with E-state index >= 15 is 0 Å². The Labute approximate surface area is 87.6 Å². The standard InChI is InChI=1S/C11H13NO3/c1-7(13)6-11(15)8-4-2-3-5-9(8)12-10(11)14/h2-5,7,13,15H,6H2,1H3,(H,12,14)/t7-,11-/m0/s1. The van der Waals surface area contributed by atoms with Crippen molar-refractivity contribution in [1.29, 1.82) is 0 Å². The third-order valence-electron chi connectivity index (χ3n) is 2.59. The van der Waals surface area contributed by atoms with Gasteiger partial charge in [-0.1, -0.05) is 18.2 Å². The van der Waals surface area contributed by atoms with E-state index in [2.05, 4.69) is 5.32 Å². The van der Waals surface area contributed by atoms with Crippen molar-refractivity contribution in [2.24, 2.45) is 0 Å². The van der Waals surface area contributed by atoms with Crippen LogP contribution in [0.3, 0.4) is 0 Å². The molecule has 0 saturated carbocycles. The summed E-state index contributed by atoms with van der Waals surface area (Å²) in [5, 5.41) is 22.1. The van der Waals surface area contributed by atoms with Gasteiger partial charge in [0.25, 0.3) is 5.91 Å². The highest BCUT2D eigenvalue weighted by molar-refractivity contribution is 6.04. The van der Waals surface area contributed by atoms with Crippen molar-refractivity contribution in [2.75, 3.05) is 5.32 Å². The van der Waals surface area contributed by atoms with Gasteiger partial charge in [-0.15, -0.1) is 0 Å². The largest absolute Gasteiger partial charge is 0.393 e. The summed E-state index contributed by atoms with van der Waals surface area (Å²) in [7, 11) is 0. The van der Waals surface area contributed by atoms with Gasteiger partial charge in [0.15, 0.2) is 5.60 Å².